The molecule has 0 bridgehead atoms. The Labute approximate surface area is 144 Å². The summed E-state index contributed by atoms with van der Waals surface area (Å²) in [5.41, 5.74) is 1.84. The zero-order valence-corrected chi connectivity index (χ0v) is 14.0. The predicted molar refractivity (Wildman–Crippen MR) is 89.3 cm³/mol. The third-order valence-corrected chi connectivity index (χ3v) is 3.99. The third-order valence-electron chi connectivity index (χ3n) is 3.62. The summed E-state index contributed by atoms with van der Waals surface area (Å²) in [5, 5.41) is 4.05. The van der Waals surface area contributed by atoms with Crippen LogP contribution in [0.4, 0.5) is 13.2 Å². The van der Waals surface area contributed by atoms with Crippen molar-refractivity contribution in [2.75, 3.05) is 6.54 Å². The van der Waals surface area contributed by atoms with Gasteiger partial charge in [-0.05, 0) is 55.6 Å². The minimum Gasteiger partial charge on any atom is -0.406 e. The van der Waals surface area contributed by atoms with E-state index in [2.05, 4.69) is 10.1 Å². The van der Waals surface area contributed by atoms with E-state index in [1.54, 1.807) is 12.1 Å². The maximum Gasteiger partial charge on any atom is 0.573 e. The fraction of sp³-hybridized carbons (Fsp3) is 0.333. The van der Waals surface area contributed by atoms with E-state index in [9.17, 15) is 13.2 Å². The molecule has 2 rings (SSSR count). The molecule has 0 aliphatic heterocycles. The van der Waals surface area contributed by atoms with E-state index < -0.39 is 6.36 Å². The summed E-state index contributed by atoms with van der Waals surface area (Å²) in [6, 6.07) is 13.6. The molecule has 0 amide bonds. The van der Waals surface area contributed by atoms with E-state index in [1.165, 1.54) is 12.1 Å². The van der Waals surface area contributed by atoms with Crippen LogP contribution in [0.15, 0.2) is 48.5 Å². The highest BCUT2D eigenvalue weighted by molar-refractivity contribution is 6.31. The smallest absolute Gasteiger partial charge is 0.406 e. The molecule has 0 unspecified atom stereocenters. The zero-order chi connectivity index (χ0) is 17.6. The Balaban J connectivity index is 1.83. The molecule has 0 saturated heterocycles. The summed E-state index contributed by atoms with van der Waals surface area (Å²) < 4.78 is 40.8. The van der Waals surface area contributed by atoms with Crippen LogP contribution in [0.1, 0.15) is 30.5 Å². The van der Waals surface area contributed by atoms with Gasteiger partial charge in [-0.15, -0.1) is 13.2 Å². The van der Waals surface area contributed by atoms with Crippen molar-refractivity contribution in [3.8, 4) is 5.75 Å². The average molecular weight is 358 g/mol. The molecule has 1 N–H and O–H groups in total. The monoisotopic (exact) mass is 357 g/mol. The van der Waals surface area contributed by atoms with Crippen LogP contribution < -0.4 is 10.1 Å². The van der Waals surface area contributed by atoms with Crippen molar-refractivity contribution in [2.45, 2.75) is 32.2 Å². The standard InChI is InChI=1S/C18H19ClF3NO/c1-13(15-7-4-9-16(12-15)24-18(20,21)22)23-11-5-8-14-6-2-3-10-17(14)19/h2-4,6-7,9-10,12-13,23H,5,8,11H2,1H3/t13-/m1/s1. The van der Waals surface area contributed by atoms with Gasteiger partial charge in [0.2, 0.25) is 0 Å². The van der Waals surface area contributed by atoms with Crippen molar-refractivity contribution in [2.24, 2.45) is 0 Å². The largest absolute Gasteiger partial charge is 0.573 e. The van der Waals surface area contributed by atoms with Gasteiger partial charge in [0.15, 0.2) is 0 Å². The Morgan fingerprint density at radius 2 is 1.88 bits per heavy atom. The molecule has 6 heteroatoms. The summed E-state index contributed by atoms with van der Waals surface area (Å²) >= 11 is 6.11. The van der Waals surface area contributed by atoms with Crippen LogP contribution in [0.2, 0.25) is 5.02 Å². The molecule has 0 fully saturated rings. The lowest BCUT2D eigenvalue weighted by Gasteiger charge is -2.16. The molecule has 2 nitrogen and oxygen atoms in total. The molecule has 0 aromatic heterocycles. The molecular formula is C18H19ClF3NO. The van der Waals surface area contributed by atoms with Crippen LogP contribution in [-0.4, -0.2) is 12.9 Å². The van der Waals surface area contributed by atoms with Crippen LogP contribution in [0.5, 0.6) is 5.75 Å². The second-order valence-corrected chi connectivity index (χ2v) is 5.90. The van der Waals surface area contributed by atoms with Crippen molar-refractivity contribution < 1.29 is 17.9 Å². The van der Waals surface area contributed by atoms with Gasteiger partial charge in [0.25, 0.3) is 0 Å². The average Bonchev–Trinajstić information content (AvgIpc) is 2.51. The van der Waals surface area contributed by atoms with Crippen LogP contribution in [0.25, 0.3) is 0 Å². The van der Waals surface area contributed by atoms with E-state index in [1.807, 2.05) is 31.2 Å². The quantitative estimate of drug-likeness (QED) is 0.658. The Morgan fingerprint density at radius 3 is 2.58 bits per heavy atom. The fourth-order valence-corrected chi connectivity index (χ4v) is 2.63. The lowest BCUT2D eigenvalue weighted by atomic mass is 10.1. The number of rotatable bonds is 7. The SMILES string of the molecule is C[C@@H](NCCCc1ccccc1Cl)c1cccc(OC(F)(F)F)c1. The summed E-state index contributed by atoms with van der Waals surface area (Å²) in [6.07, 6.45) is -2.95. The first-order valence-corrected chi connectivity index (χ1v) is 8.05. The van der Waals surface area contributed by atoms with E-state index in [0.29, 0.717) is 0 Å². The van der Waals surface area contributed by atoms with Gasteiger partial charge in [0.1, 0.15) is 5.75 Å². The van der Waals surface area contributed by atoms with Crippen molar-refractivity contribution in [1.29, 1.82) is 0 Å². The summed E-state index contributed by atoms with van der Waals surface area (Å²) in [4.78, 5) is 0. The summed E-state index contributed by atoms with van der Waals surface area (Å²) in [5.74, 6) is -0.204. The van der Waals surface area contributed by atoms with Crippen molar-refractivity contribution >= 4 is 11.6 Å². The molecule has 0 heterocycles. The van der Waals surface area contributed by atoms with Crippen LogP contribution in [0.3, 0.4) is 0 Å². The Kier molecular flexibility index (Phi) is 6.52. The van der Waals surface area contributed by atoms with Gasteiger partial charge in [-0.25, -0.2) is 0 Å². The van der Waals surface area contributed by atoms with Gasteiger partial charge in [0.05, 0.1) is 0 Å². The van der Waals surface area contributed by atoms with E-state index in [0.717, 1.165) is 35.5 Å². The topological polar surface area (TPSA) is 21.3 Å². The first-order chi connectivity index (χ1) is 11.3. The first kappa shape index (κ1) is 18.6. The van der Waals surface area contributed by atoms with Gasteiger partial charge >= 0.3 is 6.36 Å². The maximum absolute atomic E-state index is 12.3. The fourth-order valence-electron chi connectivity index (χ4n) is 2.40. The number of benzene rings is 2. The van der Waals surface area contributed by atoms with Crippen molar-refractivity contribution in [3.63, 3.8) is 0 Å². The molecule has 0 saturated carbocycles. The van der Waals surface area contributed by atoms with Gasteiger partial charge in [-0.3, -0.25) is 0 Å². The Morgan fingerprint density at radius 1 is 1.12 bits per heavy atom. The second kappa shape index (κ2) is 8.40. The van der Waals surface area contributed by atoms with Gasteiger partial charge in [-0.1, -0.05) is 41.9 Å². The van der Waals surface area contributed by atoms with E-state index in [4.69, 9.17) is 11.6 Å². The van der Waals surface area contributed by atoms with Gasteiger partial charge < -0.3 is 10.1 Å². The number of ether oxygens (including phenoxy) is 1. The lowest BCUT2D eigenvalue weighted by molar-refractivity contribution is -0.274. The molecule has 2 aromatic carbocycles. The normalized spacial score (nSPS) is 12.9. The van der Waals surface area contributed by atoms with Crippen molar-refractivity contribution in [1.82, 2.24) is 5.32 Å². The highest BCUT2D eigenvalue weighted by Gasteiger charge is 2.31. The van der Waals surface area contributed by atoms with Crippen LogP contribution in [0, 0.1) is 0 Å². The molecule has 0 aliphatic rings. The summed E-state index contributed by atoms with van der Waals surface area (Å²) in [6.45, 7) is 2.64. The third kappa shape index (κ3) is 6.06. The predicted octanol–water partition coefficient (Wildman–Crippen LogP) is 5.52. The van der Waals surface area contributed by atoms with Crippen LogP contribution in [-0.2, 0) is 6.42 Å². The molecule has 2 aromatic rings. The lowest BCUT2D eigenvalue weighted by Crippen LogP contribution is -2.21. The Bertz CT molecular complexity index is 661. The van der Waals surface area contributed by atoms with Gasteiger partial charge in [-0.2, -0.15) is 0 Å². The molecule has 130 valence electrons. The van der Waals surface area contributed by atoms with Crippen molar-refractivity contribution in [3.05, 3.63) is 64.7 Å². The molecule has 24 heavy (non-hydrogen) atoms. The molecule has 0 spiro atoms. The summed E-state index contributed by atoms with van der Waals surface area (Å²) in [7, 11) is 0. The minimum absolute atomic E-state index is 0.0759. The van der Waals surface area contributed by atoms with Crippen LogP contribution >= 0.6 is 11.6 Å². The second-order valence-electron chi connectivity index (χ2n) is 5.49. The molecule has 0 radical (unpaired) electrons. The molecular weight excluding hydrogens is 339 g/mol. The first-order valence-electron chi connectivity index (χ1n) is 7.67. The number of hydrogen-bond acceptors (Lipinski definition) is 2. The van der Waals surface area contributed by atoms with E-state index in [-0.39, 0.29) is 11.8 Å². The maximum atomic E-state index is 12.3. The highest BCUT2D eigenvalue weighted by Crippen LogP contribution is 2.25. The van der Waals surface area contributed by atoms with Gasteiger partial charge in [0, 0.05) is 11.1 Å². The minimum atomic E-state index is -4.68. The number of hydrogen-bond donors (Lipinski definition) is 1. The number of halogens is 4. The number of aryl methyl sites for hydroxylation is 1. The highest BCUT2D eigenvalue weighted by atomic mass is 35.5. The number of alkyl halides is 3. The molecule has 0 aliphatic carbocycles. The zero-order valence-electron chi connectivity index (χ0n) is 13.2. The van der Waals surface area contributed by atoms with E-state index >= 15 is 0 Å². The number of nitrogens with one attached hydrogen (secondary N) is 1. The molecule has 1 atom stereocenters. The Hall–Kier alpha value is -1.72.